The van der Waals surface area contributed by atoms with E-state index in [-0.39, 0.29) is 5.75 Å². The molecular weight excluding hydrogens is 235 g/mol. The van der Waals surface area contributed by atoms with Crippen LogP contribution in [-0.2, 0) is 0 Å². The van der Waals surface area contributed by atoms with E-state index in [9.17, 15) is 18.3 Å². The number of ether oxygens (including phenoxy) is 1. The Morgan fingerprint density at radius 3 is 2.82 bits per heavy atom. The van der Waals surface area contributed by atoms with Gasteiger partial charge in [-0.15, -0.1) is 13.2 Å². The maximum absolute atomic E-state index is 12.1. The zero-order chi connectivity index (χ0) is 12.5. The molecule has 6 heteroatoms. The second-order valence-electron chi connectivity index (χ2n) is 3.88. The second-order valence-corrected chi connectivity index (χ2v) is 3.88. The number of hydrogen-bond donors (Lipinski definition) is 2. The van der Waals surface area contributed by atoms with Gasteiger partial charge < -0.3 is 15.2 Å². The first-order valence-corrected chi connectivity index (χ1v) is 5.27. The molecule has 0 spiro atoms. The molecule has 1 aliphatic heterocycles. The van der Waals surface area contributed by atoms with Crippen molar-refractivity contribution < 1.29 is 23.0 Å². The van der Waals surface area contributed by atoms with E-state index >= 15 is 0 Å². The lowest BCUT2D eigenvalue weighted by molar-refractivity contribution is -0.274. The molecule has 1 unspecified atom stereocenters. The van der Waals surface area contributed by atoms with E-state index in [1.54, 1.807) is 0 Å². The molecule has 1 aliphatic rings. The summed E-state index contributed by atoms with van der Waals surface area (Å²) in [6.07, 6.45) is -4.17. The second kappa shape index (κ2) is 4.44. The lowest BCUT2D eigenvalue weighted by Crippen LogP contribution is -2.17. The van der Waals surface area contributed by atoms with Crippen molar-refractivity contribution in [2.24, 2.45) is 0 Å². The molecule has 0 bridgehead atoms. The van der Waals surface area contributed by atoms with Crippen LogP contribution in [0.5, 0.6) is 5.75 Å². The molecule has 1 aromatic carbocycles. The Labute approximate surface area is 96.2 Å². The summed E-state index contributed by atoms with van der Waals surface area (Å²) in [6, 6.07) is 3.95. The van der Waals surface area contributed by atoms with Crippen molar-refractivity contribution in [3.8, 4) is 5.75 Å². The highest BCUT2D eigenvalue weighted by atomic mass is 19.4. The van der Waals surface area contributed by atoms with E-state index in [1.807, 2.05) is 0 Å². The molecule has 1 heterocycles. The summed E-state index contributed by atoms with van der Waals surface area (Å²) in [4.78, 5) is 0. The number of fused-ring (bicyclic) bond motifs is 1. The fourth-order valence-electron chi connectivity index (χ4n) is 1.85. The predicted molar refractivity (Wildman–Crippen MR) is 55.8 cm³/mol. The van der Waals surface area contributed by atoms with Crippen molar-refractivity contribution in [2.45, 2.75) is 25.3 Å². The van der Waals surface area contributed by atoms with Crippen LogP contribution in [0.15, 0.2) is 18.2 Å². The minimum Gasteiger partial charge on any atom is -0.406 e. The molecule has 0 amide bonds. The summed E-state index contributed by atoms with van der Waals surface area (Å²) in [6.45, 7) is 0.698. The zero-order valence-corrected chi connectivity index (χ0v) is 8.92. The summed E-state index contributed by atoms with van der Waals surface area (Å²) < 4.78 is 40.0. The Bertz CT molecular complexity index is 406. The molecule has 0 saturated heterocycles. The lowest BCUT2D eigenvalue weighted by Gasteiger charge is -2.15. The Morgan fingerprint density at radius 1 is 1.35 bits per heavy atom. The molecule has 0 fully saturated rings. The highest BCUT2D eigenvalue weighted by Crippen LogP contribution is 2.33. The molecular formula is C11H12F3NO2. The van der Waals surface area contributed by atoms with Crippen LogP contribution < -0.4 is 10.1 Å². The first-order valence-electron chi connectivity index (χ1n) is 5.27. The number of benzene rings is 1. The molecule has 2 N–H and O–H groups in total. The molecule has 17 heavy (non-hydrogen) atoms. The standard InChI is InChI=1S/C11H12F3NO2/c12-11(13,14)17-7-3-4-9-8(6-7)10(16)2-1-5-15-9/h3-4,6,10,15-16H,1-2,5H2. The van der Waals surface area contributed by atoms with Crippen LogP contribution in [0.2, 0.25) is 0 Å². The highest BCUT2D eigenvalue weighted by Gasteiger charge is 2.31. The summed E-state index contributed by atoms with van der Waals surface area (Å²) >= 11 is 0. The number of hydrogen-bond acceptors (Lipinski definition) is 3. The summed E-state index contributed by atoms with van der Waals surface area (Å²) in [5, 5.41) is 12.8. The van der Waals surface area contributed by atoms with Gasteiger partial charge in [0.15, 0.2) is 0 Å². The van der Waals surface area contributed by atoms with Crippen LogP contribution in [-0.4, -0.2) is 18.0 Å². The molecule has 94 valence electrons. The molecule has 0 aliphatic carbocycles. The number of nitrogens with one attached hydrogen (secondary N) is 1. The van der Waals surface area contributed by atoms with Gasteiger partial charge in [0, 0.05) is 17.8 Å². The normalized spacial score (nSPS) is 20.1. The molecule has 0 aromatic heterocycles. The van der Waals surface area contributed by atoms with Crippen LogP contribution in [0.25, 0.3) is 0 Å². The van der Waals surface area contributed by atoms with Gasteiger partial charge in [-0.3, -0.25) is 0 Å². The average molecular weight is 247 g/mol. The highest BCUT2D eigenvalue weighted by molar-refractivity contribution is 5.56. The van der Waals surface area contributed by atoms with Gasteiger partial charge in [0.1, 0.15) is 5.75 Å². The van der Waals surface area contributed by atoms with E-state index < -0.39 is 12.5 Å². The Kier molecular flexibility index (Phi) is 3.15. The van der Waals surface area contributed by atoms with E-state index in [1.165, 1.54) is 18.2 Å². The minimum atomic E-state index is -4.71. The van der Waals surface area contributed by atoms with Crippen LogP contribution in [0.4, 0.5) is 18.9 Å². The Morgan fingerprint density at radius 2 is 2.12 bits per heavy atom. The monoisotopic (exact) mass is 247 g/mol. The smallest absolute Gasteiger partial charge is 0.406 e. The van der Waals surface area contributed by atoms with Crippen LogP contribution in [0.1, 0.15) is 24.5 Å². The van der Waals surface area contributed by atoms with Crippen molar-refractivity contribution in [1.29, 1.82) is 0 Å². The maximum Gasteiger partial charge on any atom is 0.573 e. The van der Waals surface area contributed by atoms with Crippen LogP contribution in [0, 0.1) is 0 Å². The topological polar surface area (TPSA) is 41.5 Å². The number of halogens is 3. The number of anilines is 1. The number of aliphatic hydroxyl groups excluding tert-OH is 1. The van der Waals surface area contributed by atoms with Gasteiger partial charge >= 0.3 is 6.36 Å². The first-order chi connectivity index (χ1) is 7.96. The third-order valence-corrected chi connectivity index (χ3v) is 2.59. The molecule has 2 rings (SSSR count). The largest absolute Gasteiger partial charge is 0.573 e. The van der Waals surface area contributed by atoms with Crippen LogP contribution in [0.3, 0.4) is 0 Å². The fourth-order valence-corrected chi connectivity index (χ4v) is 1.85. The van der Waals surface area contributed by atoms with Gasteiger partial charge in [0.05, 0.1) is 6.10 Å². The van der Waals surface area contributed by atoms with E-state index in [0.29, 0.717) is 24.2 Å². The Balaban J connectivity index is 2.28. The maximum atomic E-state index is 12.1. The summed E-state index contributed by atoms with van der Waals surface area (Å²) in [5.41, 5.74) is 1.11. The van der Waals surface area contributed by atoms with E-state index in [4.69, 9.17) is 0 Å². The fraction of sp³-hybridized carbons (Fsp3) is 0.455. The van der Waals surface area contributed by atoms with Gasteiger partial charge in [-0.05, 0) is 31.0 Å². The van der Waals surface area contributed by atoms with Gasteiger partial charge in [0.2, 0.25) is 0 Å². The van der Waals surface area contributed by atoms with Crippen molar-refractivity contribution in [1.82, 2.24) is 0 Å². The number of alkyl halides is 3. The quantitative estimate of drug-likeness (QED) is 0.801. The van der Waals surface area contributed by atoms with Crippen molar-refractivity contribution >= 4 is 5.69 Å². The van der Waals surface area contributed by atoms with E-state index in [0.717, 1.165) is 6.42 Å². The third kappa shape index (κ3) is 3.03. The molecule has 3 nitrogen and oxygen atoms in total. The molecule has 0 saturated carbocycles. The number of rotatable bonds is 1. The average Bonchev–Trinajstić information content (AvgIpc) is 2.39. The third-order valence-electron chi connectivity index (χ3n) is 2.59. The first kappa shape index (κ1) is 12.0. The van der Waals surface area contributed by atoms with E-state index in [2.05, 4.69) is 10.1 Å². The Hall–Kier alpha value is -1.43. The lowest BCUT2D eigenvalue weighted by atomic mass is 10.0. The van der Waals surface area contributed by atoms with Crippen molar-refractivity contribution in [2.75, 3.05) is 11.9 Å². The van der Waals surface area contributed by atoms with Crippen molar-refractivity contribution in [3.63, 3.8) is 0 Å². The SMILES string of the molecule is OC1CCCNc2ccc(OC(F)(F)F)cc21. The van der Waals surface area contributed by atoms with Crippen molar-refractivity contribution in [3.05, 3.63) is 23.8 Å². The summed E-state index contributed by atoms with van der Waals surface area (Å²) in [5.74, 6) is -0.306. The molecule has 0 radical (unpaired) electrons. The van der Waals surface area contributed by atoms with Gasteiger partial charge in [-0.25, -0.2) is 0 Å². The molecule has 1 atom stereocenters. The molecule has 1 aromatic rings. The van der Waals surface area contributed by atoms with Crippen LogP contribution >= 0.6 is 0 Å². The summed E-state index contributed by atoms with van der Waals surface area (Å²) in [7, 11) is 0. The van der Waals surface area contributed by atoms with Gasteiger partial charge in [0.25, 0.3) is 0 Å². The minimum absolute atomic E-state index is 0.306. The van der Waals surface area contributed by atoms with Gasteiger partial charge in [-0.1, -0.05) is 0 Å². The zero-order valence-electron chi connectivity index (χ0n) is 8.92. The number of aliphatic hydroxyl groups is 1. The van der Waals surface area contributed by atoms with Gasteiger partial charge in [-0.2, -0.15) is 0 Å². The predicted octanol–water partition coefficient (Wildman–Crippen LogP) is 2.82.